The van der Waals surface area contributed by atoms with Crippen molar-refractivity contribution in [2.24, 2.45) is 0 Å². The minimum atomic E-state index is -4.00. The second-order valence-corrected chi connectivity index (χ2v) is 6.29. The normalized spacial score (nSPS) is 19.8. The van der Waals surface area contributed by atoms with Crippen LogP contribution in [-0.2, 0) is 10.0 Å². The molecule has 1 heterocycles. The van der Waals surface area contributed by atoms with Gasteiger partial charge in [0.1, 0.15) is 16.5 Å². The Morgan fingerprint density at radius 2 is 2.16 bits per heavy atom. The Labute approximate surface area is 111 Å². The number of rotatable bonds is 5. The number of sulfonamides is 1. The SMILES string of the molecule is O=S(=O)(NCCC1CCCN1)c1cc(F)ccc1F. The Morgan fingerprint density at radius 3 is 2.84 bits per heavy atom. The first-order valence-corrected chi connectivity index (χ1v) is 7.65. The minimum absolute atomic E-state index is 0.204. The zero-order chi connectivity index (χ0) is 13.9. The fourth-order valence-electron chi connectivity index (χ4n) is 2.13. The van der Waals surface area contributed by atoms with Crippen molar-refractivity contribution in [1.82, 2.24) is 10.0 Å². The summed E-state index contributed by atoms with van der Waals surface area (Å²) in [6.45, 7) is 1.14. The molecule has 4 nitrogen and oxygen atoms in total. The summed E-state index contributed by atoms with van der Waals surface area (Å²) in [4.78, 5) is -0.646. The summed E-state index contributed by atoms with van der Waals surface area (Å²) < 4.78 is 52.3. The molecule has 2 N–H and O–H groups in total. The van der Waals surface area contributed by atoms with E-state index in [0.717, 1.165) is 31.5 Å². The van der Waals surface area contributed by atoms with E-state index in [1.54, 1.807) is 0 Å². The summed E-state index contributed by atoms with van der Waals surface area (Å²) in [5, 5.41) is 3.23. The van der Waals surface area contributed by atoms with Crippen molar-refractivity contribution in [2.75, 3.05) is 13.1 Å². The number of halogens is 2. The van der Waals surface area contributed by atoms with Crippen molar-refractivity contribution in [1.29, 1.82) is 0 Å². The molecule has 1 saturated heterocycles. The highest BCUT2D eigenvalue weighted by Crippen LogP contribution is 2.16. The van der Waals surface area contributed by atoms with Gasteiger partial charge >= 0.3 is 0 Å². The van der Waals surface area contributed by atoms with Crippen molar-refractivity contribution >= 4 is 10.0 Å². The van der Waals surface area contributed by atoms with Gasteiger partial charge in [-0.1, -0.05) is 0 Å². The number of nitrogens with one attached hydrogen (secondary N) is 2. The second kappa shape index (κ2) is 5.94. The molecule has 0 aliphatic carbocycles. The van der Waals surface area contributed by atoms with E-state index in [1.165, 1.54) is 0 Å². The van der Waals surface area contributed by atoms with Gasteiger partial charge < -0.3 is 5.32 Å². The molecule has 1 aliphatic heterocycles. The number of benzene rings is 1. The van der Waals surface area contributed by atoms with E-state index in [9.17, 15) is 17.2 Å². The van der Waals surface area contributed by atoms with Crippen LogP contribution in [0.5, 0.6) is 0 Å². The predicted octanol–water partition coefficient (Wildman–Crippen LogP) is 1.39. The van der Waals surface area contributed by atoms with Crippen LogP contribution in [0.4, 0.5) is 8.78 Å². The van der Waals surface area contributed by atoms with E-state index < -0.39 is 26.6 Å². The van der Waals surface area contributed by atoms with Crippen LogP contribution in [-0.4, -0.2) is 27.5 Å². The Bertz CT molecular complexity index is 543. The van der Waals surface area contributed by atoms with Gasteiger partial charge in [-0.2, -0.15) is 0 Å². The van der Waals surface area contributed by atoms with Crippen molar-refractivity contribution in [2.45, 2.75) is 30.2 Å². The summed E-state index contributed by atoms with van der Waals surface area (Å²) in [5.74, 6) is -1.73. The fraction of sp³-hybridized carbons (Fsp3) is 0.500. The lowest BCUT2D eigenvalue weighted by Crippen LogP contribution is -2.31. The minimum Gasteiger partial charge on any atom is -0.314 e. The van der Waals surface area contributed by atoms with Crippen LogP contribution in [0.3, 0.4) is 0 Å². The summed E-state index contributed by atoms with van der Waals surface area (Å²) in [5.41, 5.74) is 0. The average Bonchev–Trinajstić information content (AvgIpc) is 2.85. The highest BCUT2D eigenvalue weighted by Gasteiger charge is 2.20. The van der Waals surface area contributed by atoms with Crippen molar-refractivity contribution in [3.05, 3.63) is 29.8 Å². The van der Waals surface area contributed by atoms with Crippen LogP contribution >= 0.6 is 0 Å². The largest absolute Gasteiger partial charge is 0.314 e. The van der Waals surface area contributed by atoms with E-state index in [-0.39, 0.29) is 6.54 Å². The number of hydrogen-bond acceptors (Lipinski definition) is 3. The molecule has 1 aromatic rings. The Kier molecular flexibility index (Phi) is 4.49. The molecule has 1 fully saturated rings. The summed E-state index contributed by atoms with van der Waals surface area (Å²) in [6, 6.07) is 2.67. The fourth-order valence-corrected chi connectivity index (χ4v) is 3.27. The van der Waals surface area contributed by atoms with Crippen LogP contribution in [0.25, 0.3) is 0 Å². The smallest absolute Gasteiger partial charge is 0.243 e. The maximum atomic E-state index is 13.4. The zero-order valence-electron chi connectivity index (χ0n) is 10.3. The van der Waals surface area contributed by atoms with Crippen LogP contribution in [0.15, 0.2) is 23.1 Å². The van der Waals surface area contributed by atoms with E-state index >= 15 is 0 Å². The molecular weight excluding hydrogens is 274 g/mol. The molecule has 0 aromatic heterocycles. The molecule has 7 heteroatoms. The van der Waals surface area contributed by atoms with Gasteiger partial charge in [-0.15, -0.1) is 0 Å². The van der Waals surface area contributed by atoms with E-state index in [4.69, 9.17) is 0 Å². The summed E-state index contributed by atoms with van der Waals surface area (Å²) >= 11 is 0. The van der Waals surface area contributed by atoms with Crippen molar-refractivity contribution in [3.63, 3.8) is 0 Å². The quantitative estimate of drug-likeness (QED) is 0.861. The second-order valence-electron chi connectivity index (χ2n) is 4.55. The monoisotopic (exact) mass is 290 g/mol. The van der Waals surface area contributed by atoms with Gasteiger partial charge in [0.2, 0.25) is 10.0 Å². The molecular formula is C12H16F2N2O2S. The van der Waals surface area contributed by atoms with E-state index in [2.05, 4.69) is 10.0 Å². The molecule has 1 aliphatic rings. The Balaban J connectivity index is 1.99. The molecule has 0 radical (unpaired) electrons. The average molecular weight is 290 g/mol. The highest BCUT2D eigenvalue weighted by molar-refractivity contribution is 7.89. The molecule has 0 spiro atoms. The molecule has 19 heavy (non-hydrogen) atoms. The number of hydrogen-bond donors (Lipinski definition) is 2. The van der Waals surface area contributed by atoms with Crippen LogP contribution in [0.1, 0.15) is 19.3 Å². The van der Waals surface area contributed by atoms with Gasteiger partial charge in [0, 0.05) is 12.6 Å². The lowest BCUT2D eigenvalue weighted by molar-refractivity contribution is 0.528. The molecule has 1 atom stereocenters. The van der Waals surface area contributed by atoms with Gasteiger partial charge in [0.15, 0.2) is 0 Å². The standard InChI is InChI=1S/C12H16F2N2O2S/c13-9-3-4-11(14)12(8-9)19(17,18)16-7-5-10-2-1-6-15-10/h3-4,8,10,15-16H,1-2,5-7H2. The predicted molar refractivity (Wildman–Crippen MR) is 67.2 cm³/mol. The van der Waals surface area contributed by atoms with Gasteiger partial charge in [0.05, 0.1) is 0 Å². The summed E-state index contributed by atoms with van der Waals surface area (Å²) in [6.07, 6.45) is 2.72. The molecule has 106 valence electrons. The molecule has 2 rings (SSSR count). The van der Waals surface area contributed by atoms with Gasteiger partial charge in [-0.25, -0.2) is 21.9 Å². The lowest BCUT2D eigenvalue weighted by atomic mass is 10.2. The van der Waals surface area contributed by atoms with Crippen LogP contribution in [0, 0.1) is 11.6 Å². The molecule has 1 unspecified atom stereocenters. The third kappa shape index (κ3) is 3.71. The van der Waals surface area contributed by atoms with Crippen molar-refractivity contribution in [3.8, 4) is 0 Å². The van der Waals surface area contributed by atoms with Crippen molar-refractivity contribution < 1.29 is 17.2 Å². The van der Waals surface area contributed by atoms with Gasteiger partial charge in [0.25, 0.3) is 0 Å². The zero-order valence-corrected chi connectivity index (χ0v) is 11.1. The first kappa shape index (κ1) is 14.4. The maximum absolute atomic E-state index is 13.4. The van der Waals surface area contributed by atoms with E-state index in [1.807, 2.05) is 0 Å². The Hall–Kier alpha value is -1.05. The first-order chi connectivity index (χ1) is 8.99. The maximum Gasteiger partial charge on any atom is 0.243 e. The first-order valence-electron chi connectivity index (χ1n) is 6.17. The molecule has 0 bridgehead atoms. The third-order valence-corrected chi connectivity index (χ3v) is 4.61. The van der Waals surface area contributed by atoms with Gasteiger partial charge in [-0.05, 0) is 44.0 Å². The molecule has 1 aromatic carbocycles. The molecule has 0 saturated carbocycles. The topological polar surface area (TPSA) is 58.2 Å². The van der Waals surface area contributed by atoms with E-state index in [0.29, 0.717) is 18.5 Å². The lowest BCUT2D eigenvalue weighted by Gasteiger charge is -2.11. The molecule has 0 amide bonds. The van der Waals surface area contributed by atoms with Gasteiger partial charge in [-0.3, -0.25) is 0 Å². The Morgan fingerprint density at radius 1 is 1.37 bits per heavy atom. The third-order valence-electron chi connectivity index (χ3n) is 3.13. The van der Waals surface area contributed by atoms with Crippen LogP contribution < -0.4 is 10.0 Å². The highest BCUT2D eigenvalue weighted by atomic mass is 32.2. The summed E-state index contributed by atoms with van der Waals surface area (Å²) in [7, 11) is -4.00. The van der Waals surface area contributed by atoms with Crippen LogP contribution in [0.2, 0.25) is 0 Å².